The van der Waals surface area contributed by atoms with Gasteiger partial charge in [0.15, 0.2) is 0 Å². The SMILES string of the molecule is Cc1ccc(CNCC2CCc3nncn3C2)s1. The van der Waals surface area contributed by atoms with Crippen molar-refractivity contribution in [2.75, 3.05) is 6.54 Å². The molecule has 5 heteroatoms. The smallest absolute Gasteiger partial charge is 0.132 e. The lowest BCUT2D eigenvalue weighted by Crippen LogP contribution is -2.29. The molecule has 1 aliphatic heterocycles. The molecule has 0 saturated carbocycles. The highest BCUT2D eigenvalue weighted by molar-refractivity contribution is 7.11. The van der Waals surface area contributed by atoms with E-state index in [1.165, 1.54) is 16.2 Å². The van der Waals surface area contributed by atoms with Gasteiger partial charge in [-0.1, -0.05) is 0 Å². The lowest BCUT2D eigenvalue weighted by Gasteiger charge is -2.23. The van der Waals surface area contributed by atoms with Crippen molar-refractivity contribution in [2.45, 2.75) is 32.9 Å². The fourth-order valence-electron chi connectivity index (χ4n) is 2.47. The van der Waals surface area contributed by atoms with Crippen LogP contribution in [0.3, 0.4) is 0 Å². The Hall–Kier alpha value is -1.20. The summed E-state index contributed by atoms with van der Waals surface area (Å²) < 4.78 is 2.19. The molecule has 1 unspecified atom stereocenters. The monoisotopic (exact) mass is 262 g/mol. The molecule has 96 valence electrons. The number of aryl methyl sites for hydroxylation is 2. The topological polar surface area (TPSA) is 42.7 Å². The van der Waals surface area contributed by atoms with Gasteiger partial charge in [-0.2, -0.15) is 0 Å². The summed E-state index contributed by atoms with van der Waals surface area (Å²) in [6.07, 6.45) is 4.13. The Kier molecular flexibility index (Phi) is 3.43. The molecule has 4 nitrogen and oxygen atoms in total. The Morgan fingerprint density at radius 2 is 2.44 bits per heavy atom. The van der Waals surface area contributed by atoms with Gasteiger partial charge in [-0.3, -0.25) is 0 Å². The maximum Gasteiger partial charge on any atom is 0.132 e. The molecule has 0 aliphatic carbocycles. The first-order valence-electron chi connectivity index (χ1n) is 6.44. The van der Waals surface area contributed by atoms with Crippen molar-refractivity contribution in [1.82, 2.24) is 20.1 Å². The van der Waals surface area contributed by atoms with E-state index in [-0.39, 0.29) is 0 Å². The second-order valence-electron chi connectivity index (χ2n) is 4.95. The van der Waals surface area contributed by atoms with Crippen LogP contribution in [0, 0.1) is 12.8 Å². The van der Waals surface area contributed by atoms with Gasteiger partial charge in [-0.15, -0.1) is 21.5 Å². The van der Waals surface area contributed by atoms with E-state index >= 15 is 0 Å². The Labute approximate surface area is 111 Å². The van der Waals surface area contributed by atoms with Crippen molar-refractivity contribution in [1.29, 1.82) is 0 Å². The van der Waals surface area contributed by atoms with Gasteiger partial charge in [-0.05, 0) is 31.4 Å². The third-order valence-electron chi connectivity index (χ3n) is 3.46. The van der Waals surface area contributed by atoms with E-state index in [9.17, 15) is 0 Å². The minimum Gasteiger partial charge on any atom is -0.317 e. The normalized spacial score (nSPS) is 18.8. The first-order chi connectivity index (χ1) is 8.81. The zero-order chi connectivity index (χ0) is 12.4. The molecule has 2 aromatic heterocycles. The summed E-state index contributed by atoms with van der Waals surface area (Å²) in [5.74, 6) is 1.84. The predicted molar refractivity (Wildman–Crippen MR) is 72.6 cm³/mol. The molecule has 0 bridgehead atoms. The molecule has 18 heavy (non-hydrogen) atoms. The molecule has 2 aromatic rings. The minimum atomic E-state index is 0.703. The molecule has 3 heterocycles. The highest BCUT2D eigenvalue weighted by atomic mass is 32.1. The number of thiophene rings is 1. The maximum absolute atomic E-state index is 4.12. The highest BCUT2D eigenvalue weighted by Gasteiger charge is 2.18. The van der Waals surface area contributed by atoms with Crippen molar-refractivity contribution in [3.63, 3.8) is 0 Å². The van der Waals surface area contributed by atoms with Crippen LogP contribution < -0.4 is 5.32 Å². The molecule has 3 rings (SSSR count). The van der Waals surface area contributed by atoms with Gasteiger partial charge < -0.3 is 9.88 Å². The van der Waals surface area contributed by atoms with E-state index in [2.05, 4.69) is 39.1 Å². The van der Waals surface area contributed by atoms with Crippen LogP contribution in [0.5, 0.6) is 0 Å². The van der Waals surface area contributed by atoms with Gasteiger partial charge >= 0.3 is 0 Å². The van der Waals surface area contributed by atoms with Crippen LogP contribution in [0.1, 0.15) is 22.0 Å². The first kappa shape index (κ1) is 11.9. The molecule has 0 spiro atoms. The quantitative estimate of drug-likeness (QED) is 0.916. The van der Waals surface area contributed by atoms with Crippen LogP contribution in [-0.2, 0) is 19.5 Å². The molecule has 0 radical (unpaired) electrons. The van der Waals surface area contributed by atoms with Crippen LogP contribution in [-0.4, -0.2) is 21.3 Å². The third kappa shape index (κ3) is 2.62. The average molecular weight is 262 g/mol. The third-order valence-corrected chi connectivity index (χ3v) is 4.46. The zero-order valence-corrected chi connectivity index (χ0v) is 11.4. The van der Waals surface area contributed by atoms with Crippen molar-refractivity contribution in [3.05, 3.63) is 34.0 Å². The molecular formula is C13H18N4S. The van der Waals surface area contributed by atoms with Crippen molar-refractivity contribution in [3.8, 4) is 0 Å². The largest absolute Gasteiger partial charge is 0.317 e. The van der Waals surface area contributed by atoms with E-state index in [1.54, 1.807) is 0 Å². The molecule has 0 amide bonds. The van der Waals surface area contributed by atoms with E-state index in [0.717, 1.165) is 31.9 Å². The molecule has 0 aromatic carbocycles. The number of aromatic nitrogens is 3. The van der Waals surface area contributed by atoms with Gasteiger partial charge in [0.1, 0.15) is 12.2 Å². The van der Waals surface area contributed by atoms with Gasteiger partial charge in [0.2, 0.25) is 0 Å². The van der Waals surface area contributed by atoms with Crippen LogP contribution in [0.2, 0.25) is 0 Å². The number of rotatable bonds is 4. The molecule has 1 atom stereocenters. The fourth-order valence-corrected chi connectivity index (χ4v) is 3.33. The summed E-state index contributed by atoms with van der Waals surface area (Å²) in [6.45, 7) is 5.28. The summed E-state index contributed by atoms with van der Waals surface area (Å²) in [5.41, 5.74) is 0. The summed E-state index contributed by atoms with van der Waals surface area (Å²) in [4.78, 5) is 2.81. The average Bonchev–Trinajstić information content (AvgIpc) is 2.97. The predicted octanol–water partition coefficient (Wildman–Crippen LogP) is 2.00. The van der Waals surface area contributed by atoms with Crippen LogP contribution in [0.25, 0.3) is 0 Å². The molecule has 1 N–H and O–H groups in total. The fraction of sp³-hybridized carbons (Fsp3) is 0.538. The Morgan fingerprint density at radius 3 is 3.28 bits per heavy atom. The lowest BCUT2D eigenvalue weighted by molar-refractivity contribution is 0.348. The molecule has 0 fully saturated rings. The Morgan fingerprint density at radius 1 is 1.50 bits per heavy atom. The number of hydrogen-bond acceptors (Lipinski definition) is 4. The molecule has 1 aliphatic rings. The molecular weight excluding hydrogens is 244 g/mol. The Bertz CT molecular complexity index is 517. The number of fused-ring (bicyclic) bond motifs is 1. The second kappa shape index (κ2) is 5.20. The lowest BCUT2D eigenvalue weighted by atomic mass is 9.99. The summed E-state index contributed by atoms with van der Waals surface area (Å²) in [7, 11) is 0. The Balaban J connectivity index is 1.47. The van der Waals surface area contributed by atoms with Gasteiger partial charge in [-0.25, -0.2) is 0 Å². The summed E-state index contributed by atoms with van der Waals surface area (Å²) in [5, 5.41) is 11.6. The van der Waals surface area contributed by atoms with Gasteiger partial charge in [0, 0.05) is 35.8 Å². The van der Waals surface area contributed by atoms with Gasteiger partial charge in [0.05, 0.1) is 0 Å². The standard InChI is InChI=1S/C13H18N4S/c1-10-2-4-12(18-10)7-14-6-11-3-5-13-16-15-9-17(13)8-11/h2,4,9,11,14H,3,5-8H2,1H3. The van der Waals surface area contributed by atoms with Crippen molar-refractivity contribution >= 4 is 11.3 Å². The van der Waals surface area contributed by atoms with Crippen LogP contribution >= 0.6 is 11.3 Å². The minimum absolute atomic E-state index is 0.703. The van der Waals surface area contributed by atoms with Crippen molar-refractivity contribution in [2.24, 2.45) is 5.92 Å². The van der Waals surface area contributed by atoms with Crippen LogP contribution in [0.15, 0.2) is 18.5 Å². The number of nitrogens with zero attached hydrogens (tertiary/aromatic N) is 3. The van der Waals surface area contributed by atoms with Gasteiger partial charge in [0.25, 0.3) is 0 Å². The van der Waals surface area contributed by atoms with Crippen LogP contribution in [0.4, 0.5) is 0 Å². The van der Waals surface area contributed by atoms with E-state index < -0.39 is 0 Å². The van der Waals surface area contributed by atoms with E-state index in [0.29, 0.717) is 5.92 Å². The summed E-state index contributed by atoms with van der Waals surface area (Å²) in [6, 6.07) is 4.40. The highest BCUT2D eigenvalue weighted by Crippen LogP contribution is 2.18. The maximum atomic E-state index is 4.12. The van der Waals surface area contributed by atoms with E-state index in [1.807, 2.05) is 17.7 Å². The second-order valence-corrected chi connectivity index (χ2v) is 6.32. The van der Waals surface area contributed by atoms with Crippen molar-refractivity contribution < 1.29 is 0 Å². The number of hydrogen-bond donors (Lipinski definition) is 1. The summed E-state index contributed by atoms with van der Waals surface area (Å²) >= 11 is 1.88. The molecule has 0 saturated heterocycles. The first-order valence-corrected chi connectivity index (χ1v) is 7.25. The van der Waals surface area contributed by atoms with E-state index in [4.69, 9.17) is 0 Å². The number of nitrogens with one attached hydrogen (secondary N) is 1. The zero-order valence-electron chi connectivity index (χ0n) is 10.6.